The third-order valence-corrected chi connectivity index (χ3v) is 4.04. The lowest BCUT2D eigenvalue weighted by atomic mass is 10.3. The van der Waals surface area contributed by atoms with Crippen molar-refractivity contribution in [1.82, 2.24) is 4.31 Å². The van der Waals surface area contributed by atoms with Crippen LogP contribution in [0.1, 0.15) is 19.8 Å². The summed E-state index contributed by atoms with van der Waals surface area (Å²) in [6, 6.07) is 0. The summed E-state index contributed by atoms with van der Waals surface area (Å²) in [7, 11) is -2.21. The molecule has 0 N–H and O–H groups in total. The monoisotopic (exact) mass is 325 g/mol. The maximum Gasteiger partial charge on any atom is 0.389 e. The third kappa shape index (κ3) is 7.45. The van der Waals surface area contributed by atoms with Crippen molar-refractivity contribution in [2.45, 2.75) is 30.8 Å². The van der Waals surface area contributed by atoms with Gasteiger partial charge in [0.2, 0.25) is 10.0 Å². The molecule has 0 rings (SSSR count). The van der Waals surface area contributed by atoms with Crippen LogP contribution in [-0.4, -0.2) is 43.1 Å². The number of hydrogen-bond acceptors (Lipinski definition) is 2. The molecule has 0 heterocycles. The van der Waals surface area contributed by atoms with E-state index in [1.54, 1.807) is 6.92 Å². The van der Waals surface area contributed by atoms with Crippen LogP contribution in [0.4, 0.5) is 13.2 Å². The summed E-state index contributed by atoms with van der Waals surface area (Å²) in [6.07, 6.45) is -5.76. The molecule has 8 heteroatoms. The molecular formula is C8H15BrF3NO2S. The SMILES string of the molecule is CC(Br)CN(C)S(=O)(=O)CCCC(F)(F)F. The van der Waals surface area contributed by atoms with Crippen LogP contribution in [0.3, 0.4) is 0 Å². The number of sulfonamides is 1. The Kier molecular flexibility index (Phi) is 6.27. The van der Waals surface area contributed by atoms with Gasteiger partial charge in [-0.2, -0.15) is 13.2 Å². The molecule has 0 aromatic carbocycles. The lowest BCUT2D eigenvalue weighted by Gasteiger charge is -2.18. The molecular weight excluding hydrogens is 311 g/mol. The van der Waals surface area contributed by atoms with Crippen molar-refractivity contribution in [2.75, 3.05) is 19.3 Å². The van der Waals surface area contributed by atoms with Gasteiger partial charge < -0.3 is 0 Å². The molecule has 0 bridgehead atoms. The van der Waals surface area contributed by atoms with Gasteiger partial charge in [-0.25, -0.2) is 12.7 Å². The van der Waals surface area contributed by atoms with Crippen LogP contribution in [-0.2, 0) is 10.0 Å². The maximum atomic E-state index is 11.8. The van der Waals surface area contributed by atoms with Crippen molar-refractivity contribution in [3.05, 3.63) is 0 Å². The first-order valence-corrected chi connectivity index (χ1v) is 7.22. The van der Waals surface area contributed by atoms with Crippen LogP contribution in [0.25, 0.3) is 0 Å². The van der Waals surface area contributed by atoms with E-state index in [4.69, 9.17) is 0 Å². The van der Waals surface area contributed by atoms with Crippen LogP contribution in [0, 0.1) is 0 Å². The van der Waals surface area contributed by atoms with Gasteiger partial charge in [-0.1, -0.05) is 22.9 Å². The Morgan fingerprint density at radius 3 is 2.25 bits per heavy atom. The smallest absolute Gasteiger partial charge is 0.212 e. The zero-order chi connectivity index (χ0) is 13.0. The van der Waals surface area contributed by atoms with E-state index in [1.165, 1.54) is 7.05 Å². The highest BCUT2D eigenvalue weighted by Crippen LogP contribution is 2.22. The largest absolute Gasteiger partial charge is 0.389 e. The molecule has 3 nitrogen and oxygen atoms in total. The number of hydrogen-bond donors (Lipinski definition) is 0. The van der Waals surface area contributed by atoms with Crippen LogP contribution in [0.2, 0.25) is 0 Å². The normalized spacial score (nSPS) is 15.4. The summed E-state index contributed by atoms with van der Waals surface area (Å²) in [5.74, 6) is -0.470. The molecule has 0 aliphatic rings. The van der Waals surface area contributed by atoms with Crippen LogP contribution in [0.15, 0.2) is 0 Å². The van der Waals surface area contributed by atoms with Crippen molar-refractivity contribution < 1.29 is 21.6 Å². The van der Waals surface area contributed by atoms with E-state index in [0.29, 0.717) is 0 Å². The van der Waals surface area contributed by atoms with Crippen LogP contribution >= 0.6 is 15.9 Å². The predicted molar refractivity (Wildman–Crippen MR) is 60.1 cm³/mol. The Balaban J connectivity index is 4.15. The van der Waals surface area contributed by atoms with Crippen molar-refractivity contribution in [2.24, 2.45) is 0 Å². The van der Waals surface area contributed by atoms with Crippen molar-refractivity contribution in [3.8, 4) is 0 Å². The Labute approximate surface area is 102 Å². The summed E-state index contributed by atoms with van der Waals surface area (Å²) in [6.45, 7) is 2.01. The highest BCUT2D eigenvalue weighted by Gasteiger charge is 2.28. The van der Waals surface area contributed by atoms with Crippen molar-refractivity contribution >= 4 is 26.0 Å². The fourth-order valence-corrected chi connectivity index (χ4v) is 2.98. The first-order chi connectivity index (χ1) is 7.04. The summed E-state index contributed by atoms with van der Waals surface area (Å²) < 4.78 is 59.5. The van der Waals surface area contributed by atoms with Gasteiger partial charge in [-0.05, 0) is 6.42 Å². The fourth-order valence-electron chi connectivity index (χ4n) is 1.08. The topological polar surface area (TPSA) is 37.4 Å². The van der Waals surface area contributed by atoms with E-state index in [0.717, 1.165) is 4.31 Å². The van der Waals surface area contributed by atoms with E-state index in [-0.39, 0.29) is 11.4 Å². The van der Waals surface area contributed by atoms with E-state index in [2.05, 4.69) is 15.9 Å². The van der Waals surface area contributed by atoms with E-state index in [9.17, 15) is 21.6 Å². The predicted octanol–water partition coefficient (Wildman–Crippen LogP) is 2.37. The number of rotatable bonds is 6. The first kappa shape index (κ1) is 16.2. The van der Waals surface area contributed by atoms with Gasteiger partial charge in [0.25, 0.3) is 0 Å². The van der Waals surface area contributed by atoms with Gasteiger partial charge in [0, 0.05) is 24.8 Å². The molecule has 0 aromatic rings. The molecule has 0 aliphatic carbocycles. The second-order valence-electron chi connectivity index (χ2n) is 3.60. The minimum atomic E-state index is -4.29. The van der Waals surface area contributed by atoms with Gasteiger partial charge in [0.1, 0.15) is 0 Å². The Bertz CT molecular complexity index is 303. The second-order valence-corrected chi connectivity index (χ2v) is 7.35. The average Bonchev–Trinajstić information content (AvgIpc) is 1.99. The molecule has 0 saturated carbocycles. The van der Waals surface area contributed by atoms with Crippen molar-refractivity contribution in [3.63, 3.8) is 0 Å². The van der Waals surface area contributed by atoms with Gasteiger partial charge in [0.15, 0.2) is 0 Å². The maximum absolute atomic E-state index is 11.8. The van der Waals surface area contributed by atoms with E-state index < -0.39 is 34.8 Å². The molecule has 0 saturated heterocycles. The van der Waals surface area contributed by atoms with Gasteiger partial charge in [-0.3, -0.25) is 0 Å². The number of nitrogens with zero attached hydrogens (tertiary/aromatic N) is 1. The molecule has 98 valence electrons. The minimum Gasteiger partial charge on any atom is -0.212 e. The molecule has 0 aromatic heterocycles. The fraction of sp³-hybridized carbons (Fsp3) is 1.00. The highest BCUT2D eigenvalue weighted by atomic mass is 79.9. The average molecular weight is 326 g/mol. The molecule has 0 radical (unpaired) electrons. The molecule has 1 unspecified atom stereocenters. The van der Waals surface area contributed by atoms with Crippen LogP contribution in [0.5, 0.6) is 0 Å². The lowest BCUT2D eigenvalue weighted by molar-refractivity contribution is -0.134. The molecule has 0 aliphatic heterocycles. The lowest BCUT2D eigenvalue weighted by Crippen LogP contribution is -2.33. The minimum absolute atomic E-state index is 0.0325. The summed E-state index contributed by atoms with van der Waals surface area (Å²) in [4.78, 5) is -0.0325. The highest BCUT2D eigenvalue weighted by molar-refractivity contribution is 9.09. The molecule has 0 amide bonds. The van der Waals surface area contributed by atoms with Gasteiger partial charge in [-0.15, -0.1) is 0 Å². The third-order valence-electron chi connectivity index (χ3n) is 1.85. The van der Waals surface area contributed by atoms with Crippen molar-refractivity contribution in [1.29, 1.82) is 0 Å². The molecule has 1 atom stereocenters. The van der Waals surface area contributed by atoms with E-state index in [1.807, 2.05) is 0 Å². The Hall–Kier alpha value is 0.180. The quantitative estimate of drug-likeness (QED) is 0.703. The zero-order valence-electron chi connectivity index (χ0n) is 9.09. The summed E-state index contributed by atoms with van der Waals surface area (Å²) in [5.41, 5.74) is 0. The number of halogens is 4. The zero-order valence-corrected chi connectivity index (χ0v) is 11.5. The van der Waals surface area contributed by atoms with E-state index >= 15 is 0 Å². The standard InChI is InChI=1S/C8H15BrF3NO2S/c1-7(9)6-13(2)16(14,15)5-3-4-8(10,11)12/h7H,3-6H2,1-2H3. The first-order valence-electron chi connectivity index (χ1n) is 4.69. The second kappa shape index (κ2) is 6.20. The number of alkyl halides is 4. The van der Waals surface area contributed by atoms with Crippen LogP contribution < -0.4 is 0 Å². The molecule has 0 fully saturated rings. The molecule has 0 spiro atoms. The van der Waals surface area contributed by atoms with Gasteiger partial charge >= 0.3 is 6.18 Å². The summed E-state index contributed by atoms with van der Waals surface area (Å²) >= 11 is 3.18. The summed E-state index contributed by atoms with van der Waals surface area (Å²) in [5, 5.41) is 0. The van der Waals surface area contributed by atoms with Gasteiger partial charge in [0.05, 0.1) is 5.75 Å². The molecule has 16 heavy (non-hydrogen) atoms. The Morgan fingerprint density at radius 1 is 1.38 bits per heavy atom. The Morgan fingerprint density at radius 2 is 1.88 bits per heavy atom.